The molecule has 8 rings (SSSR count). The Morgan fingerprint density at radius 1 is 1.04 bits per heavy atom. The number of fused-ring (bicyclic) bond motifs is 4. The first-order chi connectivity index (χ1) is 24.7. The quantitative estimate of drug-likeness (QED) is 0.0874. The van der Waals surface area contributed by atoms with E-state index >= 15 is 0 Å². The molecule has 4 unspecified atom stereocenters. The molecule has 51 heavy (non-hydrogen) atoms. The minimum Gasteiger partial charge on any atom is -0.340 e. The summed E-state index contributed by atoms with van der Waals surface area (Å²) in [6.07, 6.45) is 8.47. The topological polar surface area (TPSA) is 110 Å². The van der Waals surface area contributed by atoms with Crippen molar-refractivity contribution in [2.45, 2.75) is 83.8 Å². The molecule has 0 bridgehead atoms. The number of aromatic nitrogens is 4. The molecule has 10 nitrogen and oxygen atoms in total. The van der Waals surface area contributed by atoms with E-state index in [4.69, 9.17) is 4.98 Å². The number of hydrogen-bond acceptors (Lipinski definition) is 6. The van der Waals surface area contributed by atoms with E-state index in [2.05, 4.69) is 83.0 Å². The van der Waals surface area contributed by atoms with Gasteiger partial charge in [0.15, 0.2) is 5.51 Å². The molecule has 1 aliphatic carbocycles. The van der Waals surface area contributed by atoms with Crippen LogP contribution in [0.3, 0.4) is 0 Å². The smallest absolute Gasteiger partial charge is 0.223 e. The molecule has 2 aromatic heterocycles. The van der Waals surface area contributed by atoms with Gasteiger partial charge in [-0.1, -0.05) is 53.1 Å². The van der Waals surface area contributed by atoms with Crippen LogP contribution in [0.1, 0.15) is 87.7 Å². The highest BCUT2D eigenvalue weighted by molar-refractivity contribution is 6.05. The summed E-state index contributed by atoms with van der Waals surface area (Å²) < 4.78 is 24.9. The standard InChI is InChI=1S/C39H43F2N7O3/c1-22(2)15-36(50)47-23(3)7-14-34(47)39-43-32-13-9-26-17-25(8-10-28(26)37(32)45-39)27-11-12-31(30-6-4-5-29(27)30)33-18-42-38(44-33)35-16-24(19-46(35)21-49)20-51-48(40)41/h8-13,17-18,21-24,34-35H,4-7,14-16,19-20H2,1-3H3,(H,42,44)(H,43,45). The van der Waals surface area contributed by atoms with E-state index in [9.17, 15) is 18.6 Å². The van der Waals surface area contributed by atoms with E-state index in [1.807, 2.05) is 11.1 Å². The predicted octanol–water partition coefficient (Wildman–Crippen LogP) is 7.88. The van der Waals surface area contributed by atoms with Crippen LogP contribution in [0.2, 0.25) is 0 Å². The maximum absolute atomic E-state index is 13.2. The third kappa shape index (κ3) is 6.18. The number of aromatic amines is 2. The number of nitrogens with one attached hydrogen (secondary N) is 2. The second kappa shape index (κ2) is 13.5. The molecule has 4 atom stereocenters. The lowest BCUT2D eigenvalue weighted by Crippen LogP contribution is -2.36. The largest absolute Gasteiger partial charge is 0.340 e. The molecule has 2 fully saturated rings. The van der Waals surface area contributed by atoms with Crippen LogP contribution in [0.5, 0.6) is 0 Å². The van der Waals surface area contributed by atoms with Crippen molar-refractivity contribution in [1.29, 1.82) is 0 Å². The molecule has 2 N–H and O–H groups in total. The zero-order valence-corrected chi connectivity index (χ0v) is 29.2. The van der Waals surface area contributed by atoms with Crippen molar-refractivity contribution in [3.8, 4) is 22.4 Å². The van der Waals surface area contributed by atoms with Gasteiger partial charge in [-0.05, 0) is 91.1 Å². The van der Waals surface area contributed by atoms with Crippen LogP contribution in [-0.2, 0) is 27.3 Å². The van der Waals surface area contributed by atoms with E-state index in [-0.39, 0.29) is 36.6 Å². The number of benzene rings is 3. The summed E-state index contributed by atoms with van der Waals surface area (Å²) in [6, 6.07) is 15.0. The van der Waals surface area contributed by atoms with Crippen molar-refractivity contribution in [3.05, 3.63) is 71.4 Å². The fourth-order valence-corrected chi connectivity index (χ4v) is 8.76. The normalized spacial score (nSPS) is 21.9. The van der Waals surface area contributed by atoms with Crippen LogP contribution < -0.4 is 0 Å². The summed E-state index contributed by atoms with van der Waals surface area (Å²) in [7, 11) is 0. The minimum atomic E-state index is -1.29. The second-order valence-corrected chi connectivity index (χ2v) is 14.9. The first-order valence-electron chi connectivity index (χ1n) is 18.1. The van der Waals surface area contributed by atoms with Gasteiger partial charge in [0.25, 0.3) is 0 Å². The van der Waals surface area contributed by atoms with E-state index in [1.54, 1.807) is 4.90 Å². The van der Waals surface area contributed by atoms with Crippen molar-refractivity contribution in [3.63, 3.8) is 0 Å². The van der Waals surface area contributed by atoms with Crippen LogP contribution in [-0.4, -0.2) is 66.8 Å². The summed E-state index contributed by atoms with van der Waals surface area (Å²) in [4.78, 5) is 49.8. The van der Waals surface area contributed by atoms with E-state index < -0.39 is 5.51 Å². The molecule has 3 aromatic carbocycles. The van der Waals surface area contributed by atoms with Crippen LogP contribution in [0.25, 0.3) is 44.2 Å². The Kier molecular flexibility index (Phi) is 8.83. The van der Waals surface area contributed by atoms with Crippen molar-refractivity contribution < 1.29 is 23.4 Å². The molecule has 12 heteroatoms. The lowest BCUT2D eigenvalue weighted by Gasteiger charge is -2.28. The number of imidazole rings is 2. The average molecular weight is 696 g/mol. The third-order valence-corrected chi connectivity index (χ3v) is 11.1. The summed E-state index contributed by atoms with van der Waals surface area (Å²) in [5, 5.41) is 2.20. The molecule has 0 radical (unpaired) electrons. The number of H-pyrrole nitrogens is 2. The number of rotatable bonds is 10. The van der Waals surface area contributed by atoms with Gasteiger partial charge < -0.3 is 19.8 Å². The number of halogens is 2. The van der Waals surface area contributed by atoms with Gasteiger partial charge in [-0.15, -0.1) is 0 Å². The molecule has 2 aliphatic heterocycles. The minimum absolute atomic E-state index is 0.0371. The zero-order valence-electron chi connectivity index (χ0n) is 29.2. The predicted molar refractivity (Wildman–Crippen MR) is 190 cm³/mol. The molecule has 5 aromatic rings. The monoisotopic (exact) mass is 695 g/mol. The van der Waals surface area contributed by atoms with Crippen LogP contribution >= 0.6 is 0 Å². The van der Waals surface area contributed by atoms with E-state index in [0.29, 0.717) is 31.1 Å². The Labute approximate surface area is 295 Å². The molecule has 0 saturated carbocycles. The van der Waals surface area contributed by atoms with Gasteiger partial charge in [0.05, 0.1) is 41.6 Å². The number of carbonyl (C=O) groups is 2. The van der Waals surface area contributed by atoms with Crippen molar-refractivity contribution in [1.82, 2.24) is 35.2 Å². The molecule has 4 heterocycles. The Balaban J connectivity index is 1.07. The summed E-state index contributed by atoms with van der Waals surface area (Å²) in [5.74, 6) is 1.81. The molecule has 2 saturated heterocycles. The summed E-state index contributed by atoms with van der Waals surface area (Å²) >= 11 is 0. The molecule has 3 aliphatic rings. The Hall–Kier alpha value is -4.68. The van der Waals surface area contributed by atoms with Gasteiger partial charge in [-0.25, -0.2) is 14.8 Å². The van der Waals surface area contributed by atoms with Gasteiger partial charge in [0.1, 0.15) is 11.6 Å². The number of hydrogen-bond donors (Lipinski definition) is 2. The van der Waals surface area contributed by atoms with Gasteiger partial charge in [-0.2, -0.15) is 0 Å². The maximum Gasteiger partial charge on any atom is 0.223 e. The van der Waals surface area contributed by atoms with Crippen molar-refractivity contribution >= 4 is 34.1 Å². The van der Waals surface area contributed by atoms with Gasteiger partial charge in [-0.3, -0.25) is 9.59 Å². The Morgan fingerprint density at radius 2 is 1.84 bits per heavy atom. The Morgan fingerprint density at radius 3 is 2.63 bits per heavy atom. The van der Waals surface area contributed by atoms with Crippen LogP contribution in [0.15, 0.2) is 48.7 Å². The number of carbonyl (C=O) groups excluding carboxylic acids is 2. The lowest BCUT2D eigenvalue weighted by atomic mass is 9.91. The number of likely N-dealkylation sites (tertiary alicyclic amines) is 2. The van der Waals surface area contributed by atoms with Gasteiger partial charge in [0.2, 0.25) is 12.3 Å². The van der Waals surface area contributed by atoms with Crippen molar-refractivity contribution in [2.75, 3.05) is 13.2 Å². The van der Waals surface area contributed by atoms with Crippen LogP contribution in [0.4, 0.5) is 8.96 Å². The first kappa shape index (κ1) is 33.5. The number of amides is 2. The van der Waals surface area contributed by atoms with Crippen molar-refractivity contribution in [2.24, 2.45) is 11.8 Å². The second-order valence-electron chi connectivity index (χ2n) is 14.9. The van der Waals surface area contributed by atoms with Gasteiger partial charge >= 0.3 is 0 Å². The van der Waals surface area contributed by atoms with E-state index in [1.165, 1.54) is 16.7 Å². The van der Waals surface area contributed by atoms with Gasteiger partial charge in [0, 0.05) is 35.9 Å². The maximum atomic E-state index is 13.2. The average Bonchev–Trinajstić information content (AvgIpc) is 3.95. The van der Waals surface area contributed by atoms with E-state index in [0.717, 1.165) is 83.0 Å². The highest BCUT2D eigenvalue weighted by Crippen LogP contribution is 2.42. The SMILES string of the molecule is CC(C)CC(=O)N1C(C)CCC1c1nc2c(ccc3cc(-c4ccc(-c5cnc(C6CC(CON(F)F)CN6C=O)[nH]5)c5c4CCC5)ccc32)[nH]1. The molecular weight excluding hydrogens is 652 g/mol. The Bertz CT molecular complexity index is 2110. The zero-order chi connectivity index (χ0) is 35.4. The highest BCUT2D eigenvalue weighted by Gasteiger charge is 2.37. The summed E-state index contributed by atoms with van der Waals surface area (Å²) in [6.45, 7) is 6.48. The molecular formula is C39H43F2N7O3. The number of nitrogens with zero attached hydrogens (tertiary/aromatic N) is 5. The molecule has 0 spiro atoms. The lowest BCUT2D eigenvalue weighted by molar-refractivity contribution is -0.394. The summed E-state index contributed by atoms with van der Waals surface area (Å²) in [5.41, 5.74) is 7.61. The molecule has 266 valence electrons. The third-order valence-electron chi connectivity index (χ3n) is 11.1. The first-order valence-corrected chi connectivity index (χ1v) is 18.1. The molecule has 2 amide bonds. The highest BCUT2D eigenvalue weighted by atomic mass is 19.4. The fourth-order valence-electron chi connectivity index (χ4n) is 8.76. The van der Waals surface area contributed by atoms with Crippen LogP contribution in [0, 0.1) is 11.8 Å². The fraction of sp³-hybridized carbons (Fsp3) is 0.436.